The van der Waals surface area contributed by atoms with Crippen molar-refractivity contribution in [1.29, 1.82) is 0 Å². The van der Waals surface area contributed by atoms with Crippen LogP contribution in [0.25, 0.3) is 0 Å². The number of nitrogens with zero attached hydrogens (tertiary/aromatic N) is 3. The second-order valence-electron chi connectivity index (χ2n) is 2.85. The molecule has 1 aromatic rings. The molecule has 63 valence electrons. The highest BCUT2D eigenvalue weighted by Crippen LogP contribution is 2.08. The Morgan fingerprint density at radius 3 is 2.92 bits per heavy atom. The average Bonchev–Trinajstić information content (AvgIpc) is 2.59. The molecule has 0 aliphatic carbocycles. The Morgan fingerprint density at radius 1 is 1.42 bits per heavy atom. The van der Waals surface area contributed by atoms with Gasteiger partial charge in [0, 0.05) is 25.4 Å². The molecule has 4 heteroatoms. The number of nitrogens with one attached hydrogen (secondary N) is 1. The van der Waals surface area contributed by atoms with Gasteiger partial charge in [0.05, 0.1) is 0 Å². The summed E-state index contributed by atoms with van der Waals surface area (Å²) in [6.07, 6.45) is 6.76. The molecule has 0 bridgehead atoms. The monoisotopic (exact) mass is 163 g/mol. The molecule has 0 unspecified atom stereocenters. The van der Waals surface area contributed by atoms with Crippen LogP contribution in [-0.2, 0) is 0 Å². The maximum Gasteiger partial charge on any atom is 0.199 e. The minimum absolute atomic E-state index is 0.826. The van der Waals surface area contributed by atoms with Crippen LogP contribution in [0.2, 0.25) is 0 Å². The van der Waals surface area contributed by atoms with Gasteiger partial charge in [-0.3, -0.25) is 0 Å². The van der Waals surface area contributed by atoms with Crippen LogP contribution in [0.1, 0.15) is 12.8 Å². The summed E-state index contributed by atoms with van der Waals surface area (Å²) in [5.74, 6) is 0.826. The zero-order valence-electron chi connectivity index (χ0n) is 6.82. The van der Waals surface area contributed by atoms with Crippen LogP contribution in [0, 0.1) is 6.33 Å². The van der Waals surface area contributed by atoms with E-state index in [0.29, 0.717) is 0 Å². The number of rotatable bonds is 2. The SMILES string of the molecule is [c]1nccc(NN2CCCC2)n1. The van der Waals surface area contributed by atoms with Crippen LogP contribution in [0.4, 0.5) is 5.82 Å². The number of anilines is 1. The number of hydrogen-bond acceptors (Lipinski definition) is 4. The van der Waals surface area contributed by atoms with E-state index in [2.05, 4.69) is 26.7 Å². The van der Waals surface area contributed by atoms with Gasteiger partial charge in [0.2, 0.25) is 0 Å². The summed E-state index contributed by atoms with van der Waals surface area (Å²) in [7, 11) is 0. The molecule has 4 nitrogen and oxygen atoms in total. The summed E-state index contributed by atoms with van der Waals surface area (Å²) in [6.45, 7) is 2.20. The van der Waals surface area contributed by atoms with Gasteiger partial charge in [-0.2, -0.15) is 0 Å². The fraction of sp³-hybridized carbons (Fsp3) is 0.500. The first-order valence-corrected chi connectivity index (χ1v) is 4.16. The minimum atomic E-state index is 0.826. The van der Waals surface area contributed by atoms with Crippen molar-refractivity contribution in [2.24, 2.45) is 0 Å². The van der Waals surface area contributed by atoms with E-state index in [0.717, 1.165) is 18.9 Å². The van der Waals surface area contributed by atoms with Crippen LogP contribution in [-0.4, -0.2) is 28.1 Å². The van der Waals surface area contributed by atoms with Crippen molar-refractivity contribution in [2.45, 2.75) is 12.8 Å². The van der Waals surface area contributed by atoms with E-state index in [1.54, 1.807) is 6.20 Å². The molecule has 0 amide bonds. The molecule has 0 spiro atoms. The molecule has 1 aromatic heterocycles. The molecule has 1 fully saturated rings. The maximum absolute atomic E-state index is 3.95. The normalized spacial score (nSPS) is 18.0. The highest BCUT2D eigenvalue weighted by atomic mass is 15.5. The van der Waals surface area contributed by atoms with E-state index < -0.39 is 0 Å². The first kappa shape index (κ1) is 7.49. The Labute approximate surface area is 71.6 Å². The summed E-state index contributed by atoms with van der Waals surface area (Å²) >= 11 is 0. The fourth-order valence-electron chi connectivity index (χ4n) is 1.31. The topological polar surface area (TPSA) is 41.1 Å². The number of hydrazine groups is 1. The third-order valence-corrected chi connectivity index (χ3v) is 1.91. The lowest BCUT2D eigenvalue weighted by molar-refractivity contribution is 0.408. The van der Waals surface area contributed by atoms with Gasteiger partial charge in [0.25, 0.3) is 0 Å². The number of hydrogen-bond donors (Lipinski definition) is 1. The smallest absolute Gasteiger partial charge is 0.199 e. The molecular weight excluding hydrogens is 152 g/mol. The highest BCUT2D eigenvalue weighted by molar-refractivity contribution is 5.29. The maximum atomic E-state index is 3.95. The molecule has 0 saturated carbocycles. The molecule has 1 radical (unpaired) electrons. The van der Waals surface area contributed by atoms with Crippen molar-refractivity contribution in [2.75, 3.05) is 18.5 Å². The average molecular weight is 163 g/mol. The second-order valence-corrected chi connectivity index (χ2v) is 2.85. The van der Waals surface area contributed by atoms with Gasteiger partial charge >= 0.3 is 0 Å². The van der Waals surface area contributed by atoms with E-state index in [1.807, 2.05) is 6.07 Å². The summed E-state index contributed by atoms with van der Waals surface area (Å²) < 4.78 is 0. The van der Waals surface area contributed by atoms with Crippen LogP contribution < -0.4 is 5.43 Å². The molecule has 2 heterocycles. The molecule has 0 atom stereocenters. The predicted octanol–water partition coefficient (Wildman–Crippen LogP) is 0.699. The number of aromatic nitrogens is 2. The van der Waals surface area contributed by atoms with Gasteiger partial charge in [0.1, 0.15) is 5.82 Å². The Hall–Kier alpha value is -1.16. The summed E-state index contributed by atoms with van der Waals surface area (Å²) in [6, 6.07) is 1.84. The second kappa shape index (κ2) is 3.49. The lowest BCUT2D eigenvalue weighted by atomic mass is 10.4. The van der Waals surface area contributed by atoms with Crippen molar-refractivity contribution in [3.63, 3.8) is 0 Å². The molecule has 1 saturated heterocycles. The Morgan fingerprint density at radius 2 is 2.25 bits per heavy atom. The van der Waals surface area contributed by atoms with E-state index in [1.165, 1.54) is 12.8 Å². The quantitative estimate of drug-likeness (QED) is 0.696. The van der Waals surface area contributed by atoms with E-state index in [9.17, 15) is 0 Å². The van der Waals surface area contributed by atoms with Gasteiger partial charge in [-0.1, -0.05) is 0 Å². The first-order valence-electron chi connectivity index (χ1n) is 4.16. The third-order valence-electron chi connectivity index (χ3n) is 1.91. The minimum Gasteiger partial charge on any atom is -0.303 e. The first-order chi connectivity index (χ1) is 5.95. The lowest BCUT2D eigenvalue weighted by Crippen LogP contribution is -2.26. The molecule has 1 aliphatic rings. The van der Waals surface area contributed by atoms with Crippen LogP contribution >= 0.6 is 0 Å². The Balaban J connectivity index is 1.94. The fourth-order valence-corrected chi connectivity index (χ4v) is 1.31. The van der Waals surface area contributed by atoms with Crippen molar-refractivity contribution in [3.05, 3.63) is 18.6 Å². The molecule has 12 heavy (non-hydrogen) atoms. The van der Waals surface area contributed by atoms with Gasteiger partial charge in [-0.05, 0) is 12.8 Å². The zero-order chi connectivity index (χ0) is 8.23. The van der Waals surface area contributed by atoms with E-state index in [4.69, 9.17) is 0 Å². The van der Waals surface area contributed by atoms with Crippen LogP contribution in [0.5, 0.6) is 0 Å². The molecule has 1 N–H and O–H groups in total. The van der Waals surface area contributed by atoms with E-state index in [-0.39, 0.29) is 0 Å². The summed E-state index contributed by atoms with van der Waals surface area (Å²) in [5.41, 5.74) is 3.19. The molecule has 2 rings (SSSR count). The highest BCUT2D eigenvalue weighted by Gasteiger charge is 2.10. The van der Waals surface area contributed by atoms with Crippen molar-refractivity contribution >= 4 is 5.82 Å². The van der Waals surface area contributed by atoms with Crippen molar-refractivity contribution in [1.82, 2.24) is 15.0 Å². The lowest BCUT2D eigenvalue weighted by Gasteiger charge is -2.15. The summed E-state index contributed by atoms with van der Waals surface area (Å²) in [5, 5.41) is 2.16. The Bertz CT molecular complexity index is 230. The van der Waals surface area contributed by atoms with Crippen LogP contribution in [0.15, 0.2) is 12.3 Å². The van der Waals surface area contributed by atoms with Gasteiger partial charge < -0.3 is 5.43 Å². The van der Waals surface area contributed by atoms with Gasteiger partial charge in [0.15, 0.2) is 6.33 Å². The molecule has 1 aliphatic heterocycles. The van der Waals surface area contributed by atoms with Gasteiger partial charge in [-0.25, -0.2) is 15.0 Å². The Kier molecular flexibility index (Phi) is 2.18. The van der Waals surface area contributed by atoms with Crippen LogP contribution in [0.3, 0.4) is 0 Å². The zero-order valence-corrected chi connectivity index (χ0v) is 6.82. The van der Waals surface area contributed by atoms with Crippen molar-refractivity contribution in [3.8, 4) is 0 Å². The predicted molar refractivity (Wildman–Crippen MR) is 45.3 cm³/mol. The van der Waals surface area contributed by atoms with E-state index >= 15 is 0 Å². The third kappa shape index (κ3) is 1.71. The standard InChI is InChI=1S/C8H11N4/c1-2-6-12(5-1)11-8-3-4-9-7-10-8/h3-4H,1-2,5-6H2,(H,9,10,11). The summed E-state index contributed by atoms with van der Waals surface area (Å²) in [4.78, 5) is 7.68. The molecular formula is C8H11N4. The van der Waals surface area contributed by atoms with Gasteiger partial charge in [-0.15, -0.1) is 0 Å². The largest absolute Gasteiger partial charge is 0.303 e. The molecule has 0 aromatic carbocycles. The van der Waals surface area contributed by atoms with Crippen molar-refractivity contribution < 1.29 is 0 Å².